The van der Waals surface area contributed by atoms with Gasteiger partial charge in [0.2, 0.25) is 0 Å². The van der Waals surface area contributed by atoms with Gasteiger partial charge in [-0.05, 0) is 23.8 Å². The number of rotatable bonds is 7. The molecule has 1 aliphatic heterocycles. The lowest BCUT2D eigenvalue weighted by Crippen LogP contribution is -2.25. The van der Waals surface area contributed by atoms with Crippen molar-refractivity contribution in [3.63, 3.8) is 0 Å². The molecule has 1 heterocycles. The lowest BCUT2D eigenvalue weighted by Gasteiger charge is -2.23. The molecule has 0 aliphatic carbocycles. The molecule has 0 amide bonds. The van der Waals surface area contributed by atoms with Crippen LogP contribution in [0, 0.1) is 0 Å². The zero-order chi connectivity index (χ0) is 22.6. The summed E-state index contributed by atoms with van der Waals surface area (Å²) in [7, 11) is 5.00. The lowest BCUT2D eigenvalue weighted by atomic mass is 9.83. The molecule has 6 heteroatoms. The summed E-state index contributed by atoms with van der Waals surface area (Å²) >= 11 is 0. The smallest absolute Gasteiger partial charge is 0.331 e. The van der Waals surface area contributed by atoms with Gasteiger partial charge < -0.3 is 19.1 Å². The number of anilines is 1. The summed E-state index contributed by atoms with van der Waals surface area (Å²) in [6, 6.07) is 13.4. The van der Waals surface area contributed by atoms with Gasteiger partial charge in [-0.2, -0.15) is 0 Å². The van der Waals surface area contributed by atoms with Crippen LogP contribution in [0.25, 0.3) is 6.08 Å². The van der Waals surface area contributed by atoms with Crippen LogP contribution < -0.4 is 14.4 Å². The van der Waals surface area contributed by atoms with Gasteiger partial charge in [0.1, 0.15) is 0 Å². The number of carbonyl (C=O) groups is 2. The number of ketones is 1. The van der Waals surface area contributed by atoms with E-state index in [-0.39, 0.29) is 17.8 Å². The Kier molecular flexibility index (Phi) is 6.49. The summed E-state index contributed by atoms with van der Waals surface area (Å²) in [5.74, 6) is 0.187. The normalized spacial score (nSPS) is 15.8. The highest BCUT2D eigenvalue weighted by atomic mass is 16.5. The standard InChI is InChI=1S/C25H27NO5/c1-25(2)19-10-6-7-11-20(19)26(3)22(25)15-18(27)16-31-23(28)14-13-17-9-8-12-21(29-4)24(17)30-5/h6-15H,16H2,1-5H3. The lowest BCUT2D eigenvalue weighted by molar-refractivity contribution is -0.141. The minimum absolute atomic E-state index is 0.275. The van der Waals surface area contributed by atoms with Crippen LogP contribution in [0.15, 0.2) is 60.3 Å². The Labute approximate surface area is 182 Å². The molecule has 0 saturated carbocycles. The molecule has 6 nitrogen and oxygen atoms in total. The summed E-state index contributed by atoms with van der Waals surface area (Å²) in [5, 5.41) is 0. The van der Waals surface area contributed by atoms with Crippen LogP contribution in [0.5, 0.6) is 11.5 Å². The van der Waals surface area contributed by atoms with Gasteiger partial charge in [0, 0.05) is 41.6 Å². The molecule has 0 spiro atoms. The molecule has 0 N–H and O–H groups in total. The van der Waals surface area contributed by atoms with Gasteiger partial charge in [0.15, 0.2) is 23.9 Å². The Bertz CT molecular complexity index is 1050. The van der Waals surface area contributed by atoms with E-state index in [1.165, 1.54) is 13.2 Å². The number of benzene rings is 2. The third-order valence-electron chi connectivity index (χ3n) is 5.43. The number of allylic oxidation sites excluding steroid dienone is 1. The van der Waals surface area contributed by atoms with Gasteiger partial charge in [-0.3, -0.25) is 4.79 Å². The second-order valence-corrected chi connectivity index (χ2v) is 7.72. The van der Waals surface area contributed by atoms with Crippen LogP contribution in [-0.4, -0.2) is 39.6 Å². The minimum atomic E-state index is -0.612. The minimum Gasteiger partial charge on any atom is -0.493 e. The number of esters is 1. The first-order valence-corrected chi connectivity index (χ1v) is 9.93. The van der Waals surface area contributed by atoms with Crippen LogP contribution in [-0.2, 0) is 19.7 Å². The van der Waals surface area contributed by atoms with E-state index in [1.807, 2.05) is 30.1 Å². The quantitative estimate of drug-likeness (QED) is 0.495. The maximum Gasteiger partial charge on any atom is 0.331 e. The van der Waals surface area contributed by atoms with Gasteiger partial charge in [-0.1, -0.05) is 44.2 Å². The fourth-order valence-electron chi connectivity index (χ4n) is 3.84. The molecule has 0 radical (unpaired) electrons. The van der Waals surface area contributed by atoms with Crippen molar-refractivity contribution in [1.82, 2.24) is 0 Å². The number of para-hydroxylation sites is 2. The first-order chi connectivity index (χ1) is 14.8. The van der Waals surface area contributed by atoms with Crippen molar-refractivity contribution in [2.24, 2.45) is 0 Å². The van der Waals surface area contributed by atoms with E-state index in [1.54, 1.807) is 37.5 Å². The Hall–Kier alpha value is -3.54. The molecule has 0 atom stereocenters. The van der Waals surface area contributed by atoms with Crippen molar-refractivity contribution in [3.8, 4) is 11.5 Å². The first-order valence-electron chi connectivity index (χ1n) is 9.93. The summed E-state index contributed by atoms with van der Waals surface area (Å²) in [6.07, 6.45) is 4.39. The van der Waals surface area contributed by atoms with E-state index in [2.05, 4.69) is 19.9 Å². The predicted molar refractivity (Wildman–Crippen MR) is 121 cm³/mol. The monoisotopic (exact) mass is 421 g/mol. The van der Waals surface area contributed by atoms with E-state index in [4.69, 9.17) is 14.2 Å². The van der Waals surface area contributed by atoms with Crippen molar-refractivity contribution in [2.75, 3.05) is 32.8 Å². The second-order valence-electron chi connectivity index (χ2n) is 7.72. The molecular weight excluding hydrogens is 394 g/mol. The van der Waals surface area contributed by atoms with E-state index in [0.717, 1.165) is 16.9 Å². The van der Waals surface area contributed by atoms with Gasteiger partial charge in [-0.15, -0.1) is 0 Å². The van der Waals surface area contributed by atoms with E-state index in [9.17, 15) is 9.59 Å². The van der Waals surface area contributed by atoms with E-state index >= 15 is 0 Å². The highest BCUT2D eigenvalue weighted by Crippen LogP contribution is 2.46. The third-order valence-corrected chi connectivity index (χ3v) is 5.43. The molecule has 1 aliphatic rings. The number of likely N-dealkylation sites (N-methyl/N-ethyl adjacent to an activating group) is 1. The van der Waals surface area contributed by atoms with Gasteiger partial charge >= 0.3 is 5.97 Å². The van der Waals surface area contributed by atoms with Crippen molar-refractivity contribution in [2.45, 2.75) is 19.3 Å². The molecule has 2 aromatic carbocycles. The first kappa shape index (κ1) is 22.2. The number of ether oxygens (including phenoxy) is 3. The molecule has 31 heavy (non-hydrogen) atoms. The van der Waals surface area contributed by atoms with Gasteiger partial charge in [0.25, 0.3) is 0 Å². The molecule has 0 saturated heterocycles. The highest BCUT2D eigenvalue weighted by molar-refractivity contribution is 5.96. The SMILES string of the molecule is COc1cccc(C=CC(=O)OCC(=O)C=C2N(C)c3ccccc3C2(C)C)c1OC. The molecule has 0 unspecified atom stereocenters. The van der Waals surface area contributed by atoms with Crippen LogP contribution in [0.1, 0.15) is 25.0 Å². The number of nitrogens with zero attached hydrogens (tertiary/aromatic N) is 1. The molecular formula is C25H27NO5. The van der Waals surface area contributed by atoms with E-state index in [0.29, 0.717) is 17.1 Å². The average Bonchev–Trinajstić information content (AvgIpc) is 2.96. The Morgan fingerprint density at radius 2 is 1.77 bits per heavy atom. The van der Waals surface area contributed by atoms with Crippen LogP contribution in [0.4, 0.5) is 5.69 Å². The van der Waals surface area contributed by atoms with Gasteiger partial charge in [-0.25, -0.2) is 4.79 Å². The Morgan fingerprint density at radius 1 is 1.03 bits per heavy atom. The Morgan fingerprint density at radius 3 is 2.45 bits per heavy atom. The molecule has 3 rings (SSSR count). The summed E-state index contributed by atoms with van der Waals surface area (Å²) < 4.78 is 15.7. The molecule has 0 fully saturated rings. The summed E-state index contributed by atoms with van der Waals surface area (Å²) in [4.78, 5) is 26.6. The number of hydrogen-bond donors (Lipinski definition) is 0. The summed E-state index contributed by atoms with van der Waals surface area (Å²) in [6.45, 7) is 3.82. The molecule has 2 aromatic rings. The van der Waals surface area contributed by atoms with Crippen molar-refractivity contribution >= 4 is 23.5 Å². The van der Waals surface area contributed by atoms with Crippen LogP contribution in [0.3, 0.4) is 0 Å². The largest absolute Gasteiger partial charge is 0.493 e. The highest BCUT2D eigenvalue weighted by Gasteiger charge is 2.38. The number of hydrogen-bond acceptors (Lipinski definition) is 6. The van der Waals surface area contributed by atoms with E-state index < -0.39 is 5.97 Å². The molecule has 0 bridgehead atoms. The van der Waals surface area contributed by atoms with Crippen molar-refractivity contribution < 1.29 is 23.8 Å². The zero-order valence-electron chi connectivity index (χ0n) is 18.5. The Balaban J connectivity index is 1.65. The summed E-state index contributed by atoms with van der Waals surface area (Å²) in [5.41, 5.74) is 3.45. The number of carbonyl (C=O) groups excluding carboxylic acids is 2. The maximum absolute atomic E-state index is 12.5. The fraction of sp³-hybridized carbons (Fsp3) is 0.280. The molecule has 162 valence electrons. The van der Waals surface area contributed by atoms with Crippen molar-refractivity contribution in [3.05, 3.63) is 71.4 Å². The van der Waals surface area contributed by atoms with Crippen LogP contribution >= 0.6 is 0 Å². The van der Waals surface area contributed by atoms with Crippen LogP contribution in [0.2, 0.25) is 0 Å². The number of fused-ring (bicyclic) bond motifs is 1. The predicted octanol–water partition coefficient (Wildman–Crippen LogP) is 4.14. The topological polar surface area (TPSA) is 65.1 Å². The molecule has 0 aromatic heterocycles. The maximum atomic E-state index is 12.5. The third kappa shape index (κ3) is 4.48. The van der Waals surface area contributed by atoms with Gasteiger partial charge in [0.05, 0.1) is 14.2 Å². The fourth-order valence-corrected chi connectivity index (χ4v) is 3.84. The number of methoxy groups -OCH3 is 2. The second kappa shape index (κ2) is 9.08. The average molecular weight is 421 g/mol. The van der Waals surface area contributed by atoms with Crippen molar-refractivity contribution in [1.29, 1.82) is 0 Å². The zero-order valence-corrected chi connectivity index (χ0v) is 18.5.